The Morgan fingerprint density at radius 3 is 2.59 bits per heavy atom. The first-order valence-corrected chi connectivity index (χ1v) is 9.06. The van der Waals surface area contributed by atoms with E-state index in [1.807, 2.05) is 13.8 Å². The van der Waals surface area contributed by atoms with Gasteiger partial charge in [-0.15, -0.1) is 10.2 Å². The fourth-order valence-corrected chi connectivity index (χ4v) is 3.16. The van der Waals surface area contributed by atoms with Gasteiger partial charge in [0.25, 0.3) is 0 Å². The second-order valence-corrected chi connectivity index (χ2v) is 6.88. The Labute approximate surface area is 164 Å². The zero-order valence-corrected chi connectivity index (χ0v) is 15.8. The Morgan fingerprint density at radius 1 is 1.10 bits per heavy atom. The molecule has 0 spiro atoms. The quantitative estimate of drug-likeness (QED) is 0.534. The number of nitrogen functional groups attached to an aromatic ring is 1. The molecule has 0 aliphatic heterocycles. The molecule has 10 heteroatoms. The molecule has 3 aromatic heterocycles. The van der Waals surface area contributed by atoms with Gasteiger partial charge in [-0.2, -0.15) is 14.7 Å². The number of anilines is 1. The number of aliphatic hydroxyl groups excluding tert-OH is 1. The highest BCUT2D eigenvalue weighted by atomic mass is 19.1. The zero-order chi connectivity index (χ0) is 20.7. The van der Waals surface area contributed by atoms with Crippen LogP contribution in [0.3, 0.4) is 0 Å². The van der Waals surface area contributed by atoms with E-state index in [1.165, 1.54) is 10.7 Å². The van der Waals surface area contributed by atoms with Gasteiger partial charge in [0.1, 0.15) is 23.1 Å². The molecule has 8 nitrogen and oxygen atoms in total. The highest BCUT2D eigenvalue weighted by molar-refractivity contribution is 5.86. The minimum atomic E-state index is -0.770. The standard InChI is InChI=1S/C19H19F2N7O/c1-10(2)19-24-23-15-6-5-14(25-28(15)19)16-17(26-27(7-8-29)18(16)22)12-4-3-11(20)9-13(12)21/h3-6,9-10,29H,7-8,22H2,1-2H3. The summed E-state index contributed by atoms with van der Waals surface area (Å²) in [6.45, 7) is 3.86. The van der Waals surface area contributed by atoms with E-state index in [9.17, 15) is 13.9 Å². The fraction of sp³-hybridized carbons (Fsp3) is 0.263. The Morgan fingerprint density at radius 2 is 1.90 bits per heavy atom. The summed E-state index contributed by atoms with van der Waals surface area (Å²) in [5.41, 5.74) is 7.94. The van der Waals surface area contributed by atoms with Gasteiger partial charge in [0.05, 0.1) is 24.4 Å². The number of hydrogen-bond acceptors (Lipinski definition) is 6. The third-order valence-corrected chi connectivity index (χ3v) is 4.55. The summed E-state index contributed by atoms with van der Waals surface area (Å²) >= 11 is 0. The molecule has 0 saturated heterocycles. The molecule has 0 amide bonds. The predicted octanol–water partition coefficient (Wildman–Crippen LogP) is 2.63. The SMILES string of the molecule is CC(C)c1nnc2ccc(-c3c(-c4ccc(F)cc4F)nn(CCO)c3N)nn12. The van der Waals surface area contributed by atoms with E-state index in [1.54, 1.807) is 16.6 Å². The summed E-state index contributed by atoms with van der Waals surface area (Å²) in [5.74, 6) is -0.507. The summed E-state index contributed by atoms with van der Waals surface area (Å²) in [7, 11) is 0. The molecule has 0 radical (unpaired) electrons. The predicted molar refractivity (Wildman–Crippen MR) is 103 cm³/mol. The van der Waals surface area contributed by atoms with Crippen molar-refractivity contribution in [3.8, 4) is 22.5 Å². The van der Waals surface area contributed by atoms with Crippen molar-refractivity contribution >= 4 is 11.5 Å². The fourth-order valence-electron chi connectivity index (χ4n) is 3.16. The van der Waals surface area contributed by atoms with Gasteiger partial charge in [-0.25, -0.2) is 13.5 Å². The molecule has 29 heavy (non-hydrogen) atoms. The Balaban J connectivity index is 1.97. The summed E-state index contributed by atoms with van der Waals surface area (Å²) < 4.78 is 30.9. The Bertz CT molecular complexity index is 1200. The van der Waals surface area contributed by atoms with Crippen molar-refractivity contribution in [2.45, 2.75) is 26.3 Å². The maximum atomic E-state index is 14.5. The van der Waals surface area contributed by atoms with E-state index in [0.29, 0.717) is 22.7 Å². The number of nitrogens with two attached hydrogens (primary N) is 1. The molecular weight excluding hydrogens is 380 g/mol. The average molecular weight is 399 g/mol. The number of halogens is 2. The summed E-state index contributed by atoms with van der Waals surface area (Å²) in [6.07, 6.45) is 0. The molecule has 1 aromatic carbocycles. The largest absolute Gasteiger partial charge is 0.394 e. The molecule has 0 aliphatic rings. The number of rotatable bonds is 5. The van der Waals surface area contributed by atoms with Gasteiger partial charge in [-0.3, -0.25) is 0 Å². The average Bonchev–Trinajstić information content (AvgIpc) is 3.23. The molecule has 0 atom stereocenters. The minimum Gasteiger partial charge on any atom is -0.394 e. The van der Waals surface area contributed by atoms with E-state index in [4.69, 9.17) is 5.73 Å². The summed E-state index contributed by atoms with van der Waals surface area (Å²) in [4.78, 5) is 0. The molecule has 4 rings (SSSR count). The van der Waals surface area contributed by atoms with Crippen LogP contribution in [0.4, 0.5) is 14.6 Å². The van der Waals surface area contributed by atoms with E-state index in [0.717, 1.165) is 12.1 Å². The first kappa shape index (κ1) is 18.9. The van der Waals surface area contributed by atoms with Crippen LogP contribution < -0.4 is 5.73 Å². The van der Waals surface area contributed by atoms with E-state index >= 15 is 0 Å². The molecule has 0 unspecified atom stereocenters. The summed E-state index contributed by atoms with van der Waals surface area (Å²) in [5, 5.41) is 26.5. The molecule has 0 saturated carbocycles. The van der Waals surface area contributed by atoms with Crippen molar-refractivity contribution in [2.24, 2.45) is 0 Å². The van der Waals surface area contributed by atoms with E-state index in [-0.39, 0.29) is 36.1 Å². The van der Waals surface area contributed by atoms with Crippen LogP contribution in [0.5, 0.6) is 0 Å². The van der Waals surface area contributed by atoms with Gasteiger partial charge < -0.3 is 10.8 Å². The monoisotopic (exact) mass is 399 g/mol. The second kappa shape index (κ2) is 7.21. The molecule has 150 valence electrons. The van der Waals surface area contributed by atoms with Crippen molar-refractivity contribution < 1.29 is 13.9 Å². The van der Waals surface area contributed by atoms with Crippen LogP contribution in [0.1, 0.15) is 25.6 Å². The first-order chi connectivity index (χ1) is 13.9. The molecule has 0 bridgehead atoms. The molecule has 3 N–H and O–H groups in total. The maximum Gasteiger partial charge on any atom is 0.177 e. The van der Waals surface area contributed by atoms with Gasteiger partial charge >= 0.3 is 0 Å². The van der Waals surface area contributed by atoms with Gasteiger partial charge in [-0.1, -0.05) is 13.8 Å². The lowest BCUT2D eigenvalue weighted by Crippen LogP contribution is -2.08. The number of aliphatic hydroxyl groups is 1. The van der Waals surface area contributed by atoms with Crippen LogP contribution in [0.2, 0.25) is 0 Å². The minimum absolute atomic E-state index is 0.0798. The number of fused-ring (bicyclic) bond motifs is 1. The lowest BCUT2D eigenvalue weighted by molar-refractivity contribution is 0.270. The number of benzene rings is 1. The van der Waals surface area contributed by atoms with E-state index < -0.39 is 11.6 Å². The molecule has 4 aromatic rings. The van der Waals surface area contributed by atoms with Gasteiger partial charge in [-0.05, 0) is 24.3 Å². The first-order valence-electron chi connectivity index (χ1n) is 9.06. The number of hydrogen-bond donors (Lipinski definition) is 2. The van der Waals surface area contributed by atoms with Crippen LogP contribution in [-0.2, 0) is 6.54 Å². The van der Waals surface area contributed by atoms with Crippen molar-refractivity contribution in [3.63, 3.8) is 0 Å². The van der Waals surface area contributed by atoms with Crippen molar-refractivity contribution in [1.82, 2.24) is 29.6 Å². The smallest absolute Gasteiger partial charge is 0.177 e. The van der Waals surface area contributed by atoms with Crippen LogP contribution in [0, 0.1) is 11.6 Å². The zero-order valence-electron chi connectivity index (χ0n) is 15.8. The lowest BCUT2D eigenvalue weighted by atomic mass is 10.0. The van der Waals surface area contributed by atoms with Crippen molar-refractivity contribution in [2.75, 3.05) is 12.3 Å². The third kappa shape index (κ3) is 3.21. The molecule has 0 fully saturated rings. The lowest BCUT2D eigenvalue weighted by Gasteiger charge is -2.07. The van der Waals surface area contributed by atoms with E-state index in [2.05, 4.69) is 20.4 Å². The third-order valence-electron chi connectivity index (χ3n) is 4.55. The van der Waals surface area contributed by atoms with Crippen molar-refractivity contribution in [1.29, 1.82) is 0 Å². The number of nitrogens with zero attached hydrogens (tertiary/aromatic N) is 6. The Hall–Kier alpha value is -3.40. The van der Waals surface area contributed by atoms with Gasteiger partial charge in [0.2, 0.25) is 0 Å². The van der Waals surface area contributed by atoms with Crippen LogP contribution in [0.25, 0.3) is 28.2 Å². The molecule has 3 heterocycles. The highest BCUT2D eigenvalue weighted by Gasteiger charge is 2.23. The second-order valence-electron chi connectivity index (χ2n) is 6.88. The van der Waals surface area contributed by atoms with Crippen LogP contribution in [0.15, 0.2) is 30.3 Å². The highest BCUT2D eigenvalue weighted by Crippen LogP contribution is 2.36. The number of aromatic nitrogens is 6. The van der Waals surface area contributed by atoms with Crippen molar-refractivity contribution in [3.05, 3.63) is 47.8 Å². The molecular formula is C19H19F2N7O. The van der Waals surface area contributed by atoms with Crippen LogP contribution >= 0.6 is 0 Å². The van der Waals surface area contributed by atoms with Gasteiger partial charge in [0, 0.05) is 17.5 Å². The van der Waals surface area contributed by atoms with Gasteiger partial charge in [0.15, 0.2) is 11.5 Å². The Kier molecular flexibility index (Phi) is 4.71. The summed E-state index contributed by atoms with van der Waals surface area (Å²) in [6, 6.07) is 6.66. The topological polar surface area (TPSA) is 107 Å². The van der Waals surface area contributed by atoms with Crippen LogP contribution in [-0.4, -0.2) is 41.3 Å². The molecule has 0 aliphatic carbocycles. The normalized spacial score (nSPS) is 11.7. The maximum absolute atomic E-state index is 14.5.